The second-order valence-electron chi connectivity index (χ2n) is 5.05. The molecule has 0 aromatic carbocycles. The van der Waals surface area contributed by atoms with Crippen molar-refractivity contribution in [2.24, 2.45) is 11.8 Å². The third-order valence-corrected chi connectivity index (χ3v) is 3.24. The number of ether oxygens (including phenoxy) is 1. The fourth-order valence-electron chi connectivity index (χ4n) is 2.15. The molecule has 1 fully saturated rings. The highest BCUT2D eigenvalue weighted by atomic mass is 16.5. The monoisotopic (exact) mass is 239 g/mol. The van der Waals surface area contributed by atoms with Crippen molar-refractivity contribution in [3.63, 3.8) is 0 Å². The van der Waals surface area contributed by atoms with Crippen LogP contribution in [0.2, 0.25) is 0 Å². The molecule has 0 aliphatic carbocycles. The van der Waals surface area contributed by atoms with E-state index < -0.39 is 0 Å². The van der Waals surface area contributed by atoms with E-state index in [1.54, 1.807) is 6.92 Å². The summed E-state index contributed by atoms with van der Waals surface area (Å²) in [5.74, 6) is 1.81. The van der Waals surface area contributed by atoms with Crippen LogP contribution >= 0.6 is 0 Å². The van der Waals surface area contributed by atoms with Gasteiger partial charge in [-0.15, -0.1) is 5.10 Å². The molecule has 1 saturated heterocycles. The Balaban J connectivity index is 1.79. The minimum absolute atomic E-state index is 0.389. The fraction of sp³-hybridized carbons (Fsp3) is 0.833. The van der Waals surface area contributed by atoms with E-state index in [0.717, 1.165) is 26.0 Å². The van der Waals surface area contributed by atoms with Gasteiger partial charge < -0.3 is 14.5 Å². The molecule has 5 nitrogen and oxygen atoms in total. The van der Waals surface area contributed by atoms with Gasteiger partial charge in [-0.25, -0.2) is 0 Å². The molecule has 1 aliphatic rings. The first-order valence-corrected chi connectivity index (χ1v) is 6.30. The Morgan fingerprint density at radius 3 is 2.88 bits per heavy atom. The van der Waals surface area contributed by atoms with Crippen LogP contribution in [0, 0.1) is 18.8 Å². The van der Waals surface area contributed by atoms with Crippen LogP contribution in [0.4, 0.5) is 6.01 Å². The van der Waals surface area contributed by atoms with E-state index in [-0.39, 0.29) is 0 Å². The molecular formula is C12H21N3O2. The maximum Gasteiger partial charge on any atom is 0.315 e. The Kier molecular flexibility index (Phi) is 3.99. The van der Waals surface area contributed by atoms with Gasteiger partial charge in [-0.05, 0) is 24.7 Å². The zero-order valence-corrected chi connectivity index (χ0v) is 10.8. The summed E-state index contributed by atoms with van der Waals surface area (Å²) < 4.78 is 11.0. The van der Waals surface area contributed by atoms with Gasteiger partial charge in [0.05, 0.1) is 6.10 Å². The highest BCUT2D eigenvalue weighted by molar-refractivity contribution is 5.16. The summed E-state index contributed by atoms with van der Waals surface area (Å²) in [6.45, 7) is 7.96. The summed E-state index contributed by atoms with van der Waals surface area (Å²) in [5, 5.41) is 10.9. The van der Waals surface area contributed by atoms with Crippen LogP contribution in [0.1, 0.15) is 32.6 Å². The molecule has 1 aliphatic heterocycles. The predicted octanol–water partition coefficient (Wildman–Crippen LogP) is 2.24. The van der Waals surface area contributed by atoms with Gasteiger partial charge in [-0.3, -0.25) is 0 Å². The first-order valence-electron chi connectivity index (χ1n) is 6.30. The van der Waals surface area contributed by atoms with E-state index in [1.165, 1.54) is 0 Å². The van der Waals surface area contributed by atoms with Crippen LogP contribution in [0.3, 0.4) is 0 Å². The molecule has 2 atom stereocenters. The van der Waals surface area contributed by atoms with Crippen LogP contribution < -0.4 is 5.32 Å². The number of hydrogen-bond acceptors (Lipinski definition) is 5. The van der Waals surface area contributed by atoms with Gasteiger partial charge in [0.25, 0.3) is 0 Å². The van der Waals surface area contributed by atoms with E-state index in [2.05, 4.69) is 29.4 Å². The molecule has 2 heterocycles. The Hall–Kier alpha value is -1.10. The van der Waals surface area contributed by atoms with Gasteiger partial charge >= 0.3 is 6.01 Å². The van der Waals surface area contributed by atoms with E-state index in [9.17, 15) is 0 Å². The third kappa shape index (κ3) is 3.43. The molecule has 0 saturated carbocycles. The van der Waals surface area contributed by atoms with E-state index in [1.807, 2.05) is 0 Å². The van der Waals surface area contributed by atoms with Crippen LogP contribution in [-0.2, 0) is 4.74 Å². The van der Waals surface area contributed by atoms with Gasteiger partial charge in [0.1, 0.15) is 0 Å². The normalized spacial score (nSPS) is 25.2. The van der Waals surface area contributed by atoms with E-state index in [0.29, 0.717) is 29.8 Å². The molecule has 5 heteroatoms. The molecule has 2 unspecified atom stereocenters. The average molecular weight is 239 g/mol. The number of rotatable bonds is 4. The minimum Gasteiger partial charge on any atom is -0.408 e. The average Bonchev–Trinajstić information content (AvgIpc) is 2.73. The molecule has 0 radical (unpaired) electrons. The molecule has 96 valence electrons. The van der Waals surface area contributed by atoms with Gasteiger partial charge in [-0.1, -0.05) is 18.9 Å². The van der Waals surface area contributed by atoms with Crippen molar-refractivity contribution in [1.82, 2.24) is 10.2 Å². The molecule has 1 N–H and O–H groups in total. The van der Waals surface area contributed by atoms with Crippen molar-refractivity contribution in [1.29, 1.82) is 0 Å². The zero-order valence-electron chi connectivity index (χ0n) is 10.8. The summed E-state index contributed by atoms with van der Waals surface area (Å²) >= 11 is 0. The Morgan fingerprint density at radius 2 is 2.24 bits per heavy atom. The number of anilines is 1. The second-order valence-corrected chi connectivity index (χ2v) is 5.05. The van der Waals surface area contributed by atoms with Crippen molar-refractivity contribution in [2.75, 3.05) is 18.5 Å². The van der Waals surface area contributed by atoms with Crippen LogP contribution in [-0.4, -0.2) is 29.5 Å². The zero-order chi connectivity index (χ0) is 12.3. The van der Waals surface area contributed by atoms with Crippen molar-refractivity contribution < 1.29 is 9.15 Å². The standard InChI is InChI=1S/C12H21N3O2/c1-8(2)11-6-10(4-5-16-11)7-13-12-15-14-9(3)17-12/h8,10-11H,4-7H2,1-3H3,(H,13,15). The van der Waals surface area contributed by atoms with Crippen molar-refractivity contribution in [3.05, 3.63) is 5.89 Å². The van der Waals surface area contributed by atoms with E-state index in [4.69, 9.17) is 9.15 Å². The first-order chi connectivity index (χ1) is 8.15. The minimum atomic E-state index is 0.389. The van der Waals surface area contributed by atoms with Gasteiger partial charge in [0.2, 0.25) is 5.89 Å². The quantitative estimate of drug-likeness (QED) is 0.873. The van der Waals surface area contributed by atoms with Crippen LogP contribution in [0.5, 0.6) is 0 Å². The maximum absolute atomic E-state index is 5.75. The molecule has 0 bridgehead atoms. The molecule has 0 spiro atoms. The lowest BCUT2D eigenvalue weighted by atomic mass is 9.90. The maximum atomic E-state index is 5.75. The molecule has 1 aromatic rings. The van der Waals surface area contributed by atoms with Gasteiger partial charge in [0.15, 0.2) is 0 Å². The van der Waals surface area contributed by atoms with Crippen LogP contribution in [0.15, 0.2) is 4.42 Å². The lowest BCUT2D eigenvalue weighted by molar-refractivity contribution is -0.0315. The third-order valence-electron chi connectivity index (χ3n) is 3.24. The summed E-state index contributed by atoms with van der Waals surface area (Å²) in [6.07, 6.45) is 2.60. The fourth-order valence-corrected chi connectivity index (χ4v) is 2.15. The summed E-state index contributed by atoms with van der Waals surface area (Å²) in [7, 11) is 0. The highest BCUT2D eigenvalue weighted by Gasteiger charge is 2.24. The largest absolute Gasteiger partial charge is 0.408 e. The highest BCUT2D eigenvalue weighted by Crippen LogP contribution is 2.25. The first kappa shape index (κ1) is 12.4. The summed E-state index contributed by atoms with van der Waals surface area (Å²) in [6, 6.07) is 0.523. The lowest BCUT2D eigenvalue weighted by Crippen LogP contribution is -2.32. The smallest absolute Gasteiger partial charge is 0.315 e. The number of nitrogens with zero attached hydrogens (tertiary/aromatic N) is 2. The molecule has 0 amide bonds. The van der Waals surface area contributed by atoms with E-state index >= 15 is 0 Å². The predicted molar refractivity (Wildman–Crippen MR) is 64.8 cm³/mol. The summed E-state index contributed by atoms with van der Waals surface area (Å²) in [4.78, 5) is 0. The van der Waals surface area contributed by atoms with Crippen molar-refractivity contribution in [2.45, 2.75) is 39.7 Å². The number of aromatic nitrogens is 2. The number of nitrogens with one attached hydrogen (secondary N) is 1. The van der Waals surface area contributed by atoms with Crippen LogP contribution in [0.25, 0.3) is 0 Å². The Bertz CT molecular complexity index is 351. The molecule has 17 heavy (non-hydrogen) atoms. The number of hydrogen-bond donors (Lipinski definition) is 1. The lowest BCUT2D eigenvalue weighted by Gasteiger charge is -2.31. The molecular weight excluding hydrogens is 218 g/mol. The molecule has 2 rings (SSSR count). The van der Waals surface area contributed by atoms with Crippen molar-refractivity contribution >= 4 is 6.01 Å². The Labute approximate surface area is 102 Å². The topological polar surface area (TPSA) is 60.2 Å². The van der Waals surface area contributed by atoms with Crippen molar-refractivity contribution in [3.8, 4) is 0 Å². The molecule has 1 aromatic heterocycles. The second kappa shape index (κ2) is 5.49. The SMILES string of the molecule is Cc1nnc(NCC2CCOC(C(C)C)C2)o1. The Morgan fingerprint density at radius 1 is 1.41 bits per heavy atom. The number of aryl methyl sites for hydroxylation is 1. The van der Waals surface area contributed by atoms with Gasteiger partial charge in [0, 0.05) is 20.1 Å². The van der Waals surface area contributed by atoms with Gasteiger partial charge in [-0.2, -0.15) is 0 Å². The summed E-state index contributed by atoms with van der Waals surface area (Å²) in [5.41, 5.74) is 0.